The van der Waals surface area contributed by atoms with E-state index in [2.05, 4.69) is 29.3 Å². The van der Waals surface area contributed by atoms with Crippen LogP contribution in [0.2, 0.25) is 0 Å². The van der Waals surface area contributed by atoms with Gasteiger partial charge in [0.2, 0.25) is 0 Å². The van der Waals surface area contributed by atoms with Crippen LogP contribution in [-0.4, -0.2) is 41.2 Å². The van der Waals surface area contributed by atoms with Crippen LogP contribution < -0.4 is 5.32 Å². The van der Waals surface area contributed by atoms with Crippen molar-refractivity contribution in [2.45, 2.75) is 32.2 Å². The van der Waals surface area contributed by atoms with Gasteiger partial charge in [-0.1, -0.05) is 24.3 Å². The van der Waals surface area contributed by atoms with Crippen LogP contribution >= 0.6 is 0 Å². The Kier molecular flexibility index (Phi) is 4.15. The first-order valence-corrected chi connectivity index (χ1v) is 8.96. The predicted octanol–water partition coefficient (Wildman–Crippen LogP) is 3.51. The minimum Gasteiger partial charge on any atom is -0.333 e. The summed E-state index contributed by atoms with van der Waals surface area (Å²) in [6.07, 6.45) is 7.49. The number of fused-ring (bicyclic) bond motifs is 4. The second-order valence-electron chi connectivity index (χ2n) is 7.25. The highest BCUT2D eigenvalue weighted by atomic mass is 16.2. The SMILES string of the molecule is Cc1ccccc1-c1ccn(C(=O)NC2CC3CCN(CC3)C2)c1. The second-order valence-corrected chi connectivity index (χ2v) is 7.25. The Morgan fingerprint density at radius 2 is 1.96 bits per heavy atom. The Morgan fingerprint density at radius 3 is 2.75 bits per heavy atom. The zero-order chi connectivity index (χ0) is 16.5. The van der Waals surface area contributed by atoms with Gasteiger partial charge in [-0.25, -0.2) is 4.79 Å². The van der Waals surface area contributed by atoms with Crippen LogP contribution in [0.4, 0.5) is 4.79 Å². The quantitative estimate of drug-likeness (QED) is 0.918. The summed E-state index contributed by atoms with van der Waals surface area (Å²) in [5.74, 6) is 0.779. The van der Waals surface area contributed by atoms with E-state index in [1.54, 1.807) is 4.57 Å². The maximum absolute atomic E-state index is 12.6. The number of rotatable bonds is 2. The summed E-state index contributed by atoms with van der Waals surface area (Å²) in [5.41, 5.74) is 3.50. The molecular weight excluding hydrogens is 298 g/mol. The lowest BCUT2D eigenvalue weighted by Gasteiger charge is -2.26. The average Bonchev–Trinajstić information content (AvgIpc) is 2.90. The van der Waals surface area contributed by atoms with E-state index in [-0.39, 0.29) is 12.1 Å². The summed E-state index contributed by atoms with van der Waals surface area (Å²) < 4.78 is 1.68. The topological polar surface area (TPSA) is 37.3 Å². The Morgan fingerprint density at radius 1 is 1.17 bits per heavy atom. The van der Waals surface area contributed by atoms with E-state index < -0.39 is 0 Å². The highest BCUT2D eigenvalue weighted by Gasteiger charge is 2.29. The van der Waals surface area contributed by atoms with Gasteiger partial charge in [0.25, 0.3) is 0 Å². The molecule has 3 fully saturated rings. The van der Waals surface area contributed by atoms with Crippen LogP contribution in [0.1, 0.15) is 24.8 Å². The Hall–Kier alpha value is -2.07. The lowest BCUT2D eigenvalue weighted by molar-refractivity contribution is 0.217. The number of hydrogen-bond acceptors (Lipinski definition) is 2. The number of carbonyl (C=O) groups excluding carboxylic acids is 1. The van der Waals surface area contributed by atoms with E-state index in [4.69, 9.17) is 0 Å². The van der Waals surface area contributed by atoms with Gasteiger partial charge >= 0.3 is 6.03 Å². The van der Waals surface area contributed by atoms with Crippen LogP contribution in [0.25, 0.3) is 11.1 Å². The summed E-state index contributed by atoms with van der Waals surface area (Å²) >= 11 is 0. The van der Waals surface area contributed by atoms with Crippen LogP contribution in [-0.2, 0) is 0 Å². The molecule has 1 unspecified atom stereocenters. The van der Waals surface area contributed by atoms with Crippen molar-refractivity contribution in [3.8, 4) is 11.1 Å². The molecular formula is C20H25N3O. The van der Waals surface area contributed by atoms with Crippen molar-refractivity contribution >= 4 is 6.03 Å². The monoisotopic (exact) mass is 323 g/mol. The molecule has 126 valence electrons. The molecule has 4 heteroatoms. The smallest absolute Gasteiger partial charge is 0.325 e. The minimum atomic E-state index is -0.0117. The fraction of sp³-hybridized carbons (Fsp3) is 0.450. The van der Waals surface area contributed by atoms with Gasteiger partial charge in [0.05, 0.1) is 0 Å². The first kappa shape index (κ1) is 15.5. The van der Waals surface area contributed by atoms with Gasteiger partial charge in [0.1, 0.15) is 0 Å². The van der Waals surface area contributed by atoms with E-state index in [0.717, 1.165) is 24.4 Å². The number of nitrogens with zero attached hydrogens (tertiary/aromatic N) is 2. The van der Waals surface area contributed by atoms with Crippen LogP contribution in [0, 0.1) is 12.8 Å². The largest absolute Gasteiger partial charge is 0.333 e. The van der Waals surface area contributed by atoms with E-state index in [9.17, 15) is 4.79 Å². The Balaban J connectivity index is 1.46. The van der Waals surface area contributed by atoms with Gasteiger partial charge in [-0.2, -0.15) is 0 Å². The summed E-state index contributed by atoms with van der Waals surface area (Å²) in [6, 6.07) is 10.6. The third kappa shape index (κ3) is 3.11. The molecule has 1 N–H and O–H groups in total. The molecule has 1 aromatic heterocycles. The maximum atomic E-state index is 12.6. The van der Waals surface area contributed by atoms with Gasteiger partial charge < -0.3 is 10.2 Å². The van der Waals surface area contributed by atoms with E-state index in [0.29, 0.717) is 0 Å². The van der Waals surface area contributed by atoms with Crippen molar-refractivity contribution in [1.29, 1.82) is 0 Å². The molecule has 4 heterocycles. The fourth-order valence-corrected chi connectivity index (χ4v) is 4.13. The standard InChI is InChI=1S/C20H25N3O/c1-15-4-2-3-5-19(15)17-8-11-23(13-17)20(24)21-18-12-16-6-9-22(14-18)10-7-16/h2-5,8,11,13,16,18H,6-7,9-10,12,14H2,1H3,(H,21,24). The van der Waals surface area contributed by atoms with Gasteiger partial charge in [0, 0.05) is 30.5 Å². The van der Waals surface area contributed by atoms with E-state index in [1.165, 1.54) is 37.1 Å². The van der Waals surface area contributed by atoms with E-state index in [1.807, 2.05) is 30.6 Å². The molecule has 4 nitrogen and oxygen atoms in total. The number of benzene rings is 1. The molecule has 0 spiro atoms. The fourth-order valence-electron chi connectivity index (χ4n) is 4.13. The van der Waals surface area contributed by atoms with Crippen LogP contribution in [0.15, 0.2) is 42.7 Å². The number of amides is 1. The van der Waals surface area contributed by atoms with Crippen molar-refractivity contribution in [3.63, 3.8) is 0 Å². The van der Waals surface area contributed by atoms with Gasteiger partial charge in [0.15, 0.2) is 0 Å². The first-order valence-electron chi connectivity index (χ1n) is 8.96. The van der Waals surface area contributed by atoms with Crippen molar-refractivity contribution in [3.05, 3.63) is 48.3 Å². The number of hydrogen-bond donors (Lipinski definition) is 1. The molecule has 1 aromatic carbocycles. The zero-order valence-electron chi connectivity index (χ0n) is 14.2. The highest BCUT2D eigenvalue weighted by molar-refractivity contribution is 5.79. The molecule has 1 amide bonds. The third-order valence-electron chi connectivity index (χ3n) is 5.51. The highest BCUT2D eigenvalue weighted by Crippen LogP contribution is 2.27. The molecule has 2 aromatic rings. The first-order chi connectivity index (χ1) is 11.7. The maximum Gasteiger partial charge on any atom is 0.325 e. The minimum absolute atomic E-state index is 0.0117. The third-order valence-corrected chi connectivity index (χ3v) is 5.51. The van der Waals surface area contributed by atoms with Crippen molar-refractivity contribution in [2.75, 3.05) is 19.6 Å². The number of aryl methyl sites for hydroxylation is 1. The molecule has 1 atom stereocenters. The van der Waals surface area contributed by atoms with Crippen molar-refractivity contribution < 1.29 is 4.79 Å². The molecule has 5 rings (SSSR count). The van der Waals surface area contributed by atoms with Gasteiger partial charge in [-0.3, -0.25) is 4.57 Å². The Bertz CT molecular complexity index is 714. The van der Waals surface area contributed by atoms with Crippen LogP contribution in [0.5, 0.6) is 0 Å². The summed E-state index contributed by atoms with van der Waals surface area (Å²) in [4.78, 5) is 15.1. The molecule has 0 aliphatic carbocycles. The average molecular weight is 323 g/mol. The van der Waals surface area contributed by atoms with E-state index >= 15 is 0 Å². The molecule has 0 saturated carbocycles. The number of carbonyl (C=O) groups is 1. The lowest BCUT2D eigenvalue weighted by atomic mass is 9.94. The van der Waals surface area contributed by atoms with Gasteiger partial charge in [-0.15, -0.1) is 0 Å². The Labute approximate surface area is 143 Å². The lowest BCUT2D eigenvalue weighted by Crippen LogP contribution is -2.43. The predicted molar refractivity (Wildman–Crippen MR) is 96.1 cm³/mol. The van der Waals surface area contributed by atoms with Crippen molar-refractivity contribution in [1.82, 2.24) is 14.8 Å². The molecule has 2 bridgehead atoms. The molecule has 3 aliphatic rings. The second kappa shape index (κ2) is 6.44. The molecule has 3 aliphatic heterocycles. The van der Waals surface area contributed by atoms with Crippen molar-refractivity contribution in [2.24, 2.45) is 5.92 Å². The van der Waals surface area contributed by atoms with Crippen LogP contribution in [0.3, 0.4) is 0 Å². The molecule has 3 saturated heterocycles. The van der Waals surface area contributed by atoms with Gasteiger partial charge in [-0.05, 0) is 62.4 Å². The summed E-state index contributed by atoms with van der Waals surface area (Å²) in [7, 11) is 0. The number of aromatic nitrogens is 1. The number of nitrogens with one attached hydrogen (secondary N) is 1. The summed E-state index contributed by atoms with van der Waals surface area (Å²) in [6.45, 7) is 5.48. The molecule has 0 radical (unpaired) electrons. The number of piperidine rings is 1. The summed E-state index contributed by atoms with van der Waals surface area (Å²) in [5, 5.41) is 3.24. The normalized spacial score (nSPS) is 26.1. The molecule has 24 heavy (non-hydrogen) atoms. The zero-order valence-corrected chi connectivity index (χ0v) is 14.2.